The number of benzene rings is 2. The van der Waals surface area contributed by atoms with E-state index in [1.54, 1.807) is 50.5 Å². The maximum Gasteiger partial charge on any atom is 0.246 e. The summed E-state index contributed by atoms with van der Waals surface area (Å²) in [7, 11) is 6.50. The Hall–Kier alpha value is -3.41. The molecular weight excluding hydrogens is 380 g/mol. The summed E-state index contributed by atoms with van der Waals surface area (Å²) in [5.41, 5.74) is 3.16. The first-order chi connectivity index (χ1) is 14.5. The van der Waals surface area contributed by atoms with Gasteiger partial charge >= 0.3 is 0 Å². The van der Waals surface area contributed by atoms with E-state index in [0.717, 1.165) is 12.1 Å². The monoisotopic (exact) mass is 408 g/mol. The Labute approximate surface area is 177 Å². The van der Waals surface area contributed by atoms with E-state index in [2.05, 4.69) is 29.7 Å². The molecule has 0 aliphatic rings. The second-order valence-corrected chi connectivity index (χ2v) is 7.05. The Balaban J connectivity index is 1.69. The van der Waals surface area contributed by atoms with E-state index in [1.807, 2.05) is 19.2 Å². The number of aromatic nitrogens is 1. The highest BCUT2D eigenvalue weighted by molar-refractivity contribution is 5.91. The molecule has 0 spiro atoms. The molecule has 30 heavy (non-hydrogen) atoms. The van der Waals surface area contributed by atoms with E-state index < -0.39 is 0 Å². The number of likely N-dealkylation sites (N-methyl/N-ethyl adjacent to an activating group) is 1. The molecule has 6 nitrogen and oxygen atoms in total. The maximum atomic E-state index is 12.6. The number of nitrogens with zero attached hydrogens (tertiary/aromatic N) is 2. The molecule has 0 atom stereocenters. The number of aryl methyl sites for hydroxylation is 1. The molecule has 3 rings (SSSR count). The van der Waals surface area contributed by atoms with Crippen LogP contribution in [-0.4, -0.2) is 50.3 Å². The molecule has 0 unspecified atom stereocenters. The molecule has 0 N–H and O–H groups in total. The van der Waals surface area contributed by atoms with Gasteiger partial charge in [0.05, 0.1) is 21.3 Å². The van der Waals surface area contributed by atoms with Gasteiger partial charge in [0, 0.05) is 37.4 Å². The van der Waals surface area contributed by atoms with E-state index in [-0.39, 0.29) is 5.91 Å². The van der Waals surface area contributed by atoms with Crippen LogP contribution >= 0.6 is 0 Å². The minimum atomic E-state index is -0.0714. The van der Waals surface area contributed by atoms with Gasteiger partial charge in [-0.05, 0) is 48.2 Å². The minimum absolute atomic E-state index is 0.0714. The lowest BCUT2D eigenvalue weighted by atomic mass is 10.1. The zero-order valence-electron chi connectivity index (χ0n) is 18.1. The second kappa shape index (κ2) is 9.39. The number of fused-ring (bicyclic) bond motifs is 1. The lowest BCUT2D eigenvalue weighted by Gasteiger charge is -2.17. The quantitative estimate of drug-likeness (QED) is 0.526. The van der Waals surface area contributed by atoms with Gasteiger partial charge in [0.1, 0.15) is 0 Å². The van der Waals surface area contributed by atoms with Gasteiger partial charge in [-0.2, -0.15) is 0 Å². The fraction of sp³-hybridized carbons (Fsp3) is 0.292. The zero-order chi connectivity index (χ0) is 21.7. The standard InChI is InChI=1S/C24H28N2O4/c1-17-14-19-8-6-7-9-20(19)26(17)13-12-25(2)23(27)11-10-18-15-21(28-3)24(30-5)22(16-18)29-4/h6-11,14-16H,12-13H2,1-5H3. The zero-order valence-corrected chi connectivity index (χ0v) is 18.1. The Morgan fingerprint density at radius 2 is 1.70 bits per heavy atom. The van der Waals surface area contributed by atoms with E-state index in [4.69, 9.17) is 14.2 Å². The molecule has 0 aliphatic carbocycles. The molecule has 1 aromatic heterocycles. The molecule has 0 saturated heterocycles. The van der Waals surface area contributed by atoms with Crippen molar-refractivity contribution in [2.24, 2.45) is 0 Å². The van der Waals surface area contributed by atoms with E-state index in [0.29, 0.717) is 23.8 Å². The highest BCUT2D eigenvalue weighted by atomic mass is 16.5. The first-order valence-electron chi connectivity index (χ1n) is 9.76. The summed E-state index contributed by atoms with van der Waals surface area (Å²) in [4.78, 5) is 14.3. The summed E-state index contributed by atoms with van der Waals surface area (Å²) in [6, 6.07) is 14.1. The average Bonchev–Trinajstić information content (AvgIpc) is 3.09. The van der Waals surface area contributed by atoms with Gasteiger partial charge in [0.25, 0.3) is 0 Å². The Bertz CT molecular complexity index is 1040. The summed E-state index contributed by atoms with van der Waals surface area (Å²) < 4.78 is 18.3. The number of methoxy groups -OCH3 is 3. The fourth-order valence-electron chi connectivity index (χ4n) is 3.50. The number of rotatable bonds is 8. The third-order valence-corrected chi connectivity index (χ3v) is 5.16. The largest absolute Gasteiger partial charge is 0.493 e. The van der Waals surface area contributed by atoms with Gasteiger partial charge in [-0.25, -0.2) is 0 Å². The van der Waals surface area contributed by atoms with Gasteiger partial charge in [0.2, 0.25) is 11.7 Å². The van der Waals surface area contributed by atoms with Gasteiger partial charge in [0.15, 0.2) is 11.5 Å². The van der Waals surface area contributed by atoms with Crippen LogP contribution in [0.4, 0.5) is 0 Å². The summed E-state index contributed by atoms with van der Waals surface area (Å²) in [5, 5.41) is 1.21. The smallest absolute Gasteiger partial charge is 0.246 e. The van der Waals surface area contributed by atoms with Gasteiger partial charge in [-0.1, -0.05) is 18.2 Å². The van der Waals surface area contributed by atoms with Gasteiger partial charge in [-0.3, -0.25) is 4.79 Å². The van der Waals surface area contributed by atoms with Gasteiger partial charge in [-0.15, -0.1) is 0 Å². The molecule has 1 heterocycles. The third-order valence-electron chi connectivity index (χ3n) is 5.16. The molecule has 3 aromatic rings. The van der Waals surface area contributed by atoms with E-state index in [1.165, 1.54) is 16.6 Å². The highest BCUT2D eigenvalue weighted by Gasteiger charge is 2.13. The van der Waals surface area contributed by atoms with Crippen molar-refractivity contribution in [3.05, 3.63) is 59.8 Å². The van der Waals surface area contributed by atoms with Crippen LogP contribution in [0.3, 0.4) is 0 Å². The van der Waals surface area contributed by atoms with Crippen LogP contribution in [0.15, 0.2) is 48.5 Å². The minimum Gasteiger partial charge on any atom is -0.493 e. The Morgan fingerprint density at radius 1 is 1.03 bits per heavy atom. The number of ether oxygens (including phenoxy) is 3. The molecular formula is C24H28N2O4. The molecule has 0 aliphatic heterocycles. The van der Waals surface area contributed by atoms with Crippen molar-refractivity contribution >= 4 is 22.9 Å². The van der Waals surface area contributed by atoms with Crippen molar-refractivity contribution in [2.45, 2.75) is 13.5 Å². The first-order valence-corrected chi connectivity index (χ1v) is 9.76. The van der Waals surface area contributed by atoms with Crippen LogP contribution < -0.4 is 14.2 Å². The van der Waals surface area contributed by atoms with Crippen molar-refractivity contribution in [1.29, 1.82) is 0 Å². The average molecular weight is 408 g/mol. The molecule has 6 heteroatoms. The topological polar surface area (TPSA) is 52.9 Å². The van der Waals surface area contributed by atoms with Crippen LogP contribution in [0.2, 0.25) is 0 Å². The van der Waals surface area contributed by atoms with Crippen LogP contribution in [0, 0.1) is 6.92 Å². The van der Waals surface area contributed by atoms with Crippen molar-refractivity contribution in [1.82, 2.24) is 9.47 Å². The normalized spacial score (nSPS) is 11.1. The Kier molecular flexibility index (Phi) is 6.67. The summed E-state index contributed by atoms with van der Waals surface area (Å²) >= 11 is 0. The van der Waals surface area contributed by atoms with E-state index >= 15 is 0 Å². The van der Waals surface area contributed by atoms with Crippen LogP contribution in [0.25, 0.3) is 17.0 Å². The summed E-state index contributed by atoms with van der Waals surface area (Å²) in [6.45, 7) is 3.43. The summed E-state index contributed by atoms with van der Waals surface area (Å²) in [6.07, 6.45) is 3.31. The lowest BCUT2D eigenvalue weighted by molar-refractivity contribution is -0.124. The van der Waals surface area contributed by atoms with Crippen molar-refractivity contribution in [3.63, 3.8) is 0 Å². The fourth-order valence-corrected chi connectivity index (χ4v) is 3.50. The number of carbonyl (C=O) groups is 1. The van der Waals surface area contributed by atoms with Crippen LogP contribution in [0.1, 0.15) is 11.3 Å². The van der Waals surface area contributed by atoms with Crippen molar-refractivity contribution in [3.8, 4) is 17.2 Å². The third kappa shape index (κ3) is 4.43. The predicted octanol–water partition coefficient (Wildman–Crippen LogP) is 4.15. The molecule has 158 valence electrons. The Morgan fingerprint density at radius 3 is 2.33 bits per heavy atom. The maximum absolute atomic E-state index is 12.6. The highest BCUT2D eigenvalue weighted by Crippen LogP contribution is 2.38. The van der Waals surface area contributed by atoms with Crippen molar-refractivity contribution in [2.75, 3.05) is 34.9 Å². The number of carbonyl (C=O) groups excluding carboxylic acids is 1. The van der Waals surface area contributed by atoms with Crippen LogP contribution in [-0.2, 0) is 11.3 Å². The first kappa shape index (κ1) is 21.3. The molecule has 0 fully saturated rings. The van der Waals surface area contributed by atoms with E-state index in [9.17, 15) is 4.79 Å². The van der Waals surface area contributed by atoms with Crippen molar-refractivity contribution < 1.29 is 19.0 Å². The van der Waals surface area contributed by atoms with Crippen LogP contribution in [0.5, 0.6) is 17.2 Å². The molecule has 0 saturated carbocycles. The predicted molar refractivity (Wildman–Crippen MR) is 119 cm³/mol. The SMILES string of the molecule is COc1cc(C=CC(=O)N(C)CCn2c(C)cc3ccccc32)cc(OC)c1OC. The number of hydrogen-bond donors (Lipinski definition) is 0. The lowest BCUT2D eigenvalue weighted by Crippen LogP contribution is -2.28. The van der Waals surface area contributed by atoms with Gasteiger partial charge < -0.3 is 23.7 Å². The number of hydrogen-bond acceptors (Lipinski definition) is 4. The summed E-state index contributed by atoms with van der Waals surface area (Å²) in [5.74, 6) is 1.55. The molecule has 1 amide bonds. The number of para-hydroxylation sites is 1. The molecule has 2 aromatic carbocycles. The molecule has 0 radical (unpaired) electrons. The number of amides is 1. The second-order valence-electron chi connectivity index (χ2n) is 7.05. The molecule has 0 bridgehead atoms.